The minimum Gasteiger partial charge on any atom is -0.479 e. The number of aliphatic hydroxyl groups is 1. The van der Waals surface area contributed by atoms with Gasteiger partial charge in [0.2, 0.25) is 11.8 Å². The molecular weight excluding hydrogens is 524 g/mol. The maximum atomic E-state index is 13.7. The lowest BCUT2D eigenvalue weighted by atomic mass is 9.91. The summed E-state index contributed by atoms with van der Waals surface area (Å²) in [4.78, 5) is 44.5. The number of aryl methyl sites for hydroxylation is 1. The molecule has 2 amide bonds. The number of ether oxygens (including phenoxy) is 1. The monoisotopic (exact) mass is 556 g/mol. The van der Waals surface area contributed by atoms with Crippen molar-refractivity contribution in [2.45, 2.75) is 58.2 Å². The lowest BCUT2D eigenvalue weighted by molar-refractivity contribution is -0.141. The summed E-state index contributed by atoms with van der Waals surface area (Å²) < 4.78 is 10.4. The molecule has 0 aliphatic carbocycles. The molecule has 0 radical (unpaired) electrons. The number of carboxylic acid groups (broad SMARTS) is 1. The van der Waals surface area contributed by atoms with Crippen LogP contribution in [0, 0.1) is 12.8 Å². The fourth-order valence-corrected chi connectivity index (χ4v) is 5.55. The average Bonchev–Trinajstić information content (AvgIpc) is 3.62. The Kier molecular flexibility index (Phi) is 8.66. The van der Waals surface area contributed by atoms with Gasteiger partial charge in [-0.1, -0.05) is 38.1 Å². The standard InChI is InChI=1S/C27H32N4O7S/c1-14(2)24(21-10-22(30-38-21)37-12-23(33)34)27(36)31-11-19(32)9-20(31)26(35)29-15(3)17-5-7-18(8-6-17)25-16(4)28-13-39-25/h5-8,10,13-15,19-20,24,32H,9,11-12H2,1-4H3,(H,29,35)(H,33,34)/t15?,19-,20+,24?/m1/s1. The Labute approximate surface area is 229 Å². The van der Waals surface area contributed by atoms with Gasteiger partial charge < -0.3 is 29.7 Å². The normalized spacial score (nSPS) is 18.7. The Morgan fingerprint density at radius 2 is 1.95 bits per heavy atom. The van der Waals surface area contributed by atoms with Crippen LogP contribution >= 0.6 is 11.3 Å². The number of hydrogen-bond donors (Lipinski definition) is 3. The van der Waals surface area contributed by atoms with E-state index in [1.165, 1.54) is 11.0 Å². The number of likely N-dealkylation sites (tertiary alicyclic amines) is 1. The van der Waals surface area contributed by atoms with Crippen LogP contribution in [0.1, 0.15) is 56.2 Å². The van der Waals surface area contributed by atoms with Crippen LogP contribution in [0.3, 0.4) is 0 Å². The number of carboxylic acids is 1. The Hall–Kier alpha value is -3.77. The van der Waals surface area contributed by atoms with Crippen molar-refractivity contribution in [2.75, 3.05) is 13.2 Å². The van der Waals surface area contributed by atoms with E-state index in [0.717, 1.165) is 21.7 Å². The van der Waals surface area contributed by atoms with E-state index < -0.39 is 30.6 Å². The van der Waals surface area contributed by atoms with Crippen molar-refractivity contribution in [3.63, 3.8) is 0 Å². The van der Waals surface area contributed by atoms with Crippen LogP contribution in [0.25, 0.3) is 10.4 Å². The SMILES string of the molecule is Cc1ncsc1-c1ccc(C(C)NC(=O)[C@@H]2C[C@@H](O)CN2C(=O)C(c2cc(OCC(=O)O)no2)C(C)C)cc1. The van der Waals surface area contributed by atoms with E-state index >= 15 is 0 Å². The van der Waals surface area contributed by atoms with Gasteiger partial charge >= 0.3 is 5.97 Å². The van der Waals surface area contributed by atoms with Gasteiger partial charge in [0.1, 0.15) is 12.0 Å². The summed E-state index contributed by atoms with van der Waals surface area (Å²) >= 11 is 1.57. The first-order chi connectivity index (χ1) is 18.5. The van der Waals surface area contributed by atoms with E-state index in [1.54, 1.807) is 11.3 Å². The fourth-order valence-electron chi connectivity index (χ4n) is 4.74. The third-order valence-corrected chi connectivity index (χ3v) is 7.71. The summed E-state index contributed by atoms with van der Waals surface area (Å²) in [6, 6.07) is 8.09. The van der Waals surface area contributed by atoms with Crippen molar-refractivity contribution in [1.29, 1.82) is 0 Å². The number of benzene rings is 1. The van der Waals surface area contributed by atoms with Gasteiger partial charge in [-0.15, -0.1) is 11.3 Å². The van der Waals surface area contributed by atoms with Gasteiger partial charge in [0, 0.05) is 19.0 Å². The molecule has 0 saturated carbocycles. The maximum Gasteiger partial charge on any atom is 0.341 e. The molecule has 1 saturated heterocycles. The minimum absolute atomic E-state index is 0.00786. The largest absolute Gasteiger partial charge is 0.479 e. The van der Waals surface area contributed by atoms with Gasteiger partial charge in [0.05, 0.1) is 28.2 Å². The van der Waals surface area contributed by atoms with Gasteiger partial charge in [0.15, 0.2) is 12.4 Å². The van der Waals surface area contributed by atoms with Gasteiger partial charge in [-0.3, -0.25) is 9.59 Å². The minimum atomic E-state index is -1.17. The smallest absolute Gasteiger partial charge is 0.341 e. The number of aliphatic hydroxyl groups excluding tert-OH is 1. The highest BCUT2D eigenvalue weighted by Gasteiger charge is 2.43. The Morgan fingerprint density at radius 3 is 2.56 bits per heavy atom. The fraction of sp³-hybridized carbons (Fsp3) is 0.444. The van der Waals surface area contributed by atoms with Crippen molar-refractivity contribution >= 4 is 29.1 Å². The first kappa shape index (κ1) is 28.2. The molecule has 3 aromatic rings. The third kappa shape index (κ3) is 6.45. The molecule has 11 nitrogen and oxygen atoms in total. The molecule has 1 aliphatic heterocycles. The second-order valence-electron chi connectivity index (χ2n) is 9.99. The van der Waals surface area contributed by atoms with E-state index in [0.29, 0.717) is 0 Å². The topological polar surface area (TPSA) is 155 Å². The second-order valence-corrected chi connectivity index (χ2v) is 10.8. The van der Waals surface area contributed by atoms with Gasteiger partial charge in [-0.05, 0) is 36.0 Å². The number of amides is 2. The van der Waals surface area contributed by atoms with Gasteiger partial charge in [0.25, 0.3) is 5.88 Å². The molecular formula is C27H32N4O7S. The van der Waals surface area contributed by atoms with Crippen molar-refractivity contribution in [2.24, 2.45) is 5.92 Å². The summed E-state index contributed by atoms with van der Waals surface area (Å²) in [7, 11) is 0. The van der Waals surface area contributed by atoms with Crippen molar-refractivity contribution < 1.29 is 33.9 Å². The molecule has 4 rings (SSSR count). The molecule has 0 bridgehead atoms. The van der Waals surface area contributed by atoms with Crippen LogP contribution in [0.5, 0.6) is 5.88 Å². The van der Waals surface area contributed by atoms with Crippen molar-refractivity contribution in [3.8, 4) is 16.3 Å². The number of rotatable bonds is 10. The molecule has 2 aromatic heterocycles. The molecule has 1 fully saturated rings. The van der Waals surface area contributed by atoms with E-state index in [1.807, 2.05) is 57.5 Å². The molecule has 208 valence electrons. The zero-order valence-corrected chi connectivity index (χ0v) is 23.0. The number of carbonyl (C=O) groups is 3. The predicted octanol–water partition coefficient (Wildman–Crippen LogP) is 3.15. The van der Waals surface area contributed by atoms with Crippen LogP contribution in [0.15, 0.2) is 40.4 Å². The third-order valence-electron chi connectivity index (χ3n) is 6.73. The first-order valence-electron chi connectivity index (χ1n) is 12.7. The Bertz CT molecular complexity index is 1320. The van der Waals surface area contributed by atoms with E-state index in [-0.39, 0.29) is 48.4 Å². The molecule has 2 unspecified atom stereocenters. The number of hydrogen-bond acceptors (Lipinski definition) is 9. The summed E-state index contributed by atoms with van der Waals surface area (Å²) in [6.07, 6.45) is -0.735. The molecule has 12 heteroatoms. The predicted molar refractivity (Wildman–Crippen MR) is 142 cm³/mol. The number of carbonyl (C=O) groups excluding carboxylic acids is 2. The number of aromatic nitrogens is 2. The van der Waals surface area contributed by atoms with Crippen LogP contribution < -0.4 is 10.1 Å². The highest BCUT2D eigenvalue weighted by molar-refractivity contribution is 7.13. The zero-order chi connectivity index (χ0) is 28.3. The number of β-amino-alcohol motifs (C(OH)–C–C–N with tert-alkyl or cyclic N) is 1. The summed E-state index contributed by atoms with van der Waals surface area (Å²) in [5, 5.41) is 25.9. The Balaban J connectivity index is 1.46. The second kappa shape index (κ2) is 12.0. The van der Waals surface area contributed by atoms with Crippen LogP contribution in [0.2, 0.25) is 0 Å². The van der Waals surface area contributed by atoms with E-state index in [9.17, 15) is 19.5 Å². The highest BCUT2D eigenvalue weighted by atomic mass is 32.1. The van der Waals surface area contributed by atoms with Crippen molar-refractivity contribution in [3.05, 3.63) is 52.9 Å². The molecule has 1 aliphatic rings. The lowest BCUT2D eigenvalue weighted by Gasteiger charge is -2.29. The first-order valence-corrected chi connectivity index (χ1v) is 13.5. The van der Waals surface area contributed by atoms with Gasteiger partial charge in [-0.25, -0.2) is 9.78 Å². The zero-order valence-electron chi connectivity index (χ0n) is 22.2. The van der Waals surface area contributed by atoms with Gasteiger partial charge in [-0.2, -0.15) is 0 Å². The average molecular weight is 557 g/mol. The quantitative estimate of drug-likeness (QED) is 0.341. The molecule has 3 heterocycles. The summed E-state index contributed by atoms with van der Waals surface area (Å²) in [5.41, 5.74) is 4.73. The van der Waals surface area contributed by atoms with Crippen LogP contribution in [-0.2, 0) is 14.4 Å². The molecule has 3 N–H and O–H groups in total. The maximum absolute atomic E-state index is 13.7. The molecule has 0 spiro atoms. The number of nitrogens with one attached hydrogen (secondary N) is 1. The van der Waals surface area contributed by atoms with Crippen molar-refractivity contribution in [1.82, 2.24) is 20.4 Å². The molecule has 1 aromatic carbocycles. The van der Waals surface area contributed by atoms with Crippen LogP contribution in [-0.4, -0.2) is 68.3 Å². The number of thiazole rings is 1. The van der Waals surface area contributed by atoms with E-state index in [2.05, 4.69) is 15.5 Å². The summed E-state index contributed by atoms with van der Waals surface area (Å²) in [6.45, 7) is 6.89. The van der Waals surface area contributed by atoms with E-state index in [4.69, 9.17) is 14.4 Å². The molecule has 4 atom stereocenters. The molecule has 39 heavy (non-hydrogen) atoms. The summed E-state index contributed by atoms with van der Waals surface area (Å²) in [5.74, 6) is -2.82. The Morgan fingerprint density at radius 1 is 1.23 bits per heavy atom. The number of aliphatic carboxylic acids is 1. The number of nitrogens with zero attached hydrogens (tertiary/aromatic N) is 3. The highest BCUT2D eigenvalue weighted by Crippen LogP contribution is 2.33. The lowest BCUT2D eigenvalue weighted by Crippen LogP contribution is -2.48. The van der Waals surface area contributed by atoms with Crippen LogP contribution in [0.4, 0.5) is 0 Å².